The van der Waals surface area contributed by atoms with E-state index < -0.39 is 5.67 Å². The van der Waals surface area contributed by atoms with Crippen LogP contribution in [0.1, 0.15) is 69.6 Å². The van der Waals surface area contributed by atoms with Gasteiger partial charge in [0.25, 0.3) is 0 Å². The van der Waals surface area contributed by atoms with Crippen LogP contribution in [-0.4, -0.2) is 47.7 Å². The number of alkyl halides is 1. The molecule has 0 bridgehead atoms. The number of aryl methyl sites for hydroxylation is 1. The van der Waals surface area contributed by atoms with Crippen LogP contribution in [0.25, 0.3) is 16.8 Å². The molecule has 2 aromatic carbocycles. The van der Waals surface area contributed by atoms with Crippen LogP contribution in [0.5, 0.6) is 0 Å². The first-order valence-electron chi connectivity index (χ1n) is 14.1. The summed E-state index contributed by atoms with van der Waals surface area (Å²) in [7, 11) is 0. The van der Waals surface area contributed by atoms with Crippen molar-refractivity contribution >= 4 is 5.70 Å². The predicted molar refractivity (Wildman–Crippen MR) is 158 cm³/mol. The van der Waals surface area contributed by atoms with Gasteiger partial charge in [-0.05, 0) is 119 Å². The number of rotatable bonds is 8. The van der Waals surface area contributed by atoms with Crippen LogP contribution in [0.4, 0.5) is 8.78 Å². The van der Waals surface area contributed by atoms with Gasteiger partial charge < -0.3 is 15.5 Å². The molecule has 1 unspecified atom stereocenters. The van der Waals surface area contributed by atoms with Crippen molar-refractivity contribution < 1.29 is 8.78 Å². The maximum atomic E-state index is 15.1. The van der Waals surface area contributed by atoms with Gasteiger partial charge in [0.2, 0.25) is 0 Å². The Morgan fingerprint density at radius 3 is 2.41 bits per heavy atom. The minimum absolute atomic E-state index is 0.299. The molecule has 4 nitrogen and oxygen atoms in total. The number of likely N-dealkylation sites (tertiary alicyclic amines) is 2. The second-order valence-corrected chi connectivity index (χ2v) is 11.5. The Morgan fingerprint density at radius 1 is 1.15 bits per heavy atom. The minimum Gasteiger partial charge on any atom is -0.405 e. The number of nitrogens with two attached hydrogens (primary N) is 1. The maximum absolute atomic E-state index is 15.1. The Balaban J connectivity index is 0.00000134. The van der Waals surface area contributed by atoms with Crippen LogP contribution in [-0.2, 0) is 6.42 Å². The summed E-state index contributed by atoms with van der Waals surface area (Å²) in [6.07, 6.45) is 7.62. The fourth-order valence-corrected chi connectivity index (χ4v) is 5.83. The standard InChI is InChI=1S/C31H39F2N3.C2H5N/c1-22-6-5-15-36(22)23(2)28-12-10-26(19-30(28)32)29-11-9-25(18-27(29)20-34)8-7-24-13-16-35(17-14-24)21-31(3,4)33;1-2-3/h9-12,18-19,22,24H,2,5-8,13-17,21H2,1,3-4H3;2H,1,3H2. The van der Waals surface area contributed by atoms with E-state index in [9.17, 15) is 9.65 Å². The van der Waals surface area contributed by atoms with Gasteiger partial charge >= 0.3 is 0 Å². The summed E-state index contributed by atoms with van der Waals surface area (Å²) in [5.74, 6) is 0.328. The van der Waals surface area contributed by atoms with Crippen molar-refractivity contribution in [3.63, 3.8) is 0 Å². The zero-order valence-electron chi connectivity index (χ0n) is 23.9. The van der Waals surface area contributed by atoms with Gasteiger partial charge in [0.05, 0.1) is 11.6 Å². The molecule has 0 aromatic heterocycles. The highest BCUT2D eigenvalue weighted by atomic mass is 19.1. The average molecular weight is 535 g/mol. The Hall–Kier alpha value is -3.17. The number of nitriles is 1. The van der Waals surface area contributed by atoms with Crippen molar-refractivity contribution in [2.24, 2.45) is 11.7 Å². The largest absolute Gasteiger partial charge is 0.405 e. The van der Waals surface area contributed by atoms with Gasteiger partial charge in [-0.1, -0.05) is 31.4 Å². The molecule has 0 saturated carbocycles. The molecule has 0 radical (unpaired) electrons. The average Bonchev–Trinajstić information content (AvgIpc) is 3.33. The van der Waals surface area contributed by atoms with E-state index in [1.54, 1.807) is 19.9 Å². The lowest BCUT2D eigenvalue weighted by Gasteiger charge is -2.34. The number of halogens is 2. The summed E-state index contributed by atoms with van der Waals surface area (Å²) >= 11 is 0. The van der Waals surface area contributed by atoms with E-state index in [1.165, 1.54) is 12.3 Å². The number of hydrogen-bond donors (Lipinski definition) is 1. The molecule has 2 saturated heterocycles. The van der Waals surface area contributed by atoms with Gasteiger partial charge in [-0.3, -0.25) is 0 Å². The van der Waals surface area contributed by atoms with Gasteiger partial charge in [0.1, 0.15) is 11.5 Å². The summed E-state index contributed by atoms with van der Waals surface area (Å²) in [6, 6.07) is 13.9. The topological polar surface area (TPSA) is 56.3 Å². The molecule has 6 heteroatoms. The van der Waals surface area contributed by atoms with Crippen molar-refractivity contribution in [2.75, 3.05) is 26.2 Å². The third kappa shape index (κ3) is 8.41. The molecule has 39 heavy (non-hydrogen) atoms. The Kier molecular flexibility index (Phi) is 10.7. The summed E-state index contributed by atoms with van der Waals surface area (Å²) in [5, 5.41) is 9.83. The molecule has 0 spiro atoms. The third-order valence-corrected chi connectivity index (χ3v) is 7.84. The molecule has 2 aliphatic rings. The molecular formula is C33H44F2N4. The van der Waals surface area contributed by atoms with E-state index in [4.69, 9.17) is 0 Å². The lowest BCUT2D eigenvalue weighted by Crippen LogP contribution is -2.41. The normalized spacial score (nSPS) is 18.3. The monoisotopic (exact) mass is 534 g/mol. The first kappa shape index (κ1) is 30.4. The fourth-order valence-electron chi connectivity index (χ4n) is 5.83. The quantitative estimate of drug-likeness (QED) is 0.386. The minimum atomic E-state index is -1.15. The lowest BCUT2D eigenvalue weighted by molar-refractivity contribution is 0.0943. The smallest absolute Gasteiger partial charge is 0.133 e. The summed E-state index contributed by atoms with van der Waals surface area (Å²) in [4.78, 5) is 4.41. The number of nitrogens with zero attached hydrogens (tertiary/aromatic N) is 3. The summed E-state index contributed by atoms with van der Waals surface area (Å²) in [6.45, 7) is 16.0. The van der Waals surface area contributed by atoms with E-state index in [2.05, 4.69) is 47.8 Å². The molecule has 2 heterocycles. The van der Waals surface area contributed by atoms with Crippen molar-refractivity contribution in [1.29, 1.82) is 5.26 Å². The van der Waals surface area contributed by atoms with Crippen LogP contribution >= 0.6 is 0 Å². The van der Waals surface area contributed by atoms with Crippen molar-refractivity contribution in [2.45, 2.75) is 71.0 Å². The lowest BCUT2D eigenvalue weighted by atomic mass is 9.89. The number of benzene rings is 2. The SMILES string of the molecule is C=C(c1ccc(-c2ccc(CCC3CCN(CC(C)(C)F)CC3)cc2C#N)cc1F)N1CCCC1C.C=CN. The zero-order valence-corrected chi connectivity index (χ0v) is 23.9. The molecule has 0 aliphatic carbocycles. The van der Waals surface area contributed by atoms with Crippen LogP contribution in [0.3, 0.4) is 0 Å². The van der Waals surface area contributed by atoms with Crippen LogP contribution in [0, 0.1) is 23.1 Å². The van der Waals surface area contributed by atoms with Gasteiger partial charge in [0, 0.05) is 30.4 Å². The van der Waals surface area contributed by atoms with E-state index in [1.807, 2.05) is 18.2 Å². The van der Waals surface area contributed by atoms with Crippen molar-refractivity contribution in [3.05, 3.63) is 78.3 Å². The van der Waals surface area contributed by atoms with Gasteiger partial charge in [-0.15, -0.1) is 0 Å². The van der Waals surface area contributed by atoms with E-state index in [0.29, 0.717) is 35.2 Å². The molecule has 2 fully saturated rings. The molecular weight excluding hydrogens is 490 g/mol. The first-order valence-corrected chi connectivity index (χ1v) is 14.1. The molecule has 1 atom stereocenters. The molecule has 0 amide bonds. The molecule has 210 valence electrons. The van der Waals surface area contributed by atoms with Crippen LogP contribution in [0.2, 0.25) is 0 Å². The fraction of sp³-hybridized carbons (Fsp3) is 0.485. The highest BCUT2D eigenvalue weighted by Crippen LogP contribution is 2.32. The summed E-state index contributed by atoms with van der Waals surface area (Å²) < 4.78 is 29.1. The predicted octanol–water partition coefficient (Wildman–Crippen LogP) is 7.30. The molecule has 2 N–H and O–H groups in total. The van der Waals surface area contributed by atoms with Crippen LogP contribution < -0.4 is 5.73 Å². The molecule has 4 rings (SSSR count). The van der Waals surface area contributed by atoms with E-state index in [-0.39, 0.29) is 5.82 Å². The highest BCUT2D eigenvalue weighted by molar-refractivity contribution is 5.74. The first-order chi connectivity index (χ1) is 18.6. The number of hydrogen-bond acceptors (Lipinski definition) is 4. The summed E-state index contributed by atoms with van der Waals surface area (Å²) in [5.41, 5.74) is 7.91. The second kappa shape index (κ2) is 13.8. The Bertz CT molecular complexity index is 1170. The van der Waals surface area contributed by atoms with E-state index in [0.717, 1.165) is 75.0 Å². The molecule has 2 aromatic rings. The van der Waals surface area contributed by atoms with Crippen molar-refractivity contribution in [1.82, 2.24) is 9.80 Å². The van der Waals surface area contributed by atoms with Crippen molar-refractivity contribution in [3.8, 4) is 17.2 Å². The Morgan fingerprint density at radius 2 is 1.85 bits per heavy atom. The zero-order chi connectivity index (χ0) is 28.6. The molecule has 2 aliphatic heterocycles. The van der Waals surface area contributed by atoms with Gasteiger partial charge in [0.15, 0.2) is 0 Å². The van der Waals surface area contributed by atoms with Gasteiger partial charge in [-0.25, -0.2) is 8.78 Å². The van der Waals surface area contributed by atoms with E-state index >= 15 is 4.39 Å². The Labute approximate surface area is 233 Å². The highest BCUT2D eigenvalue weighted by Gasteiger charge is 2.26. The maximum Gasteiger partial charge on any atom is 0.133 e. The third-order valence-electron chi connectivity index (χ3n) is 7.84. The number of piperidine rings is 1. The van der Waals surface area contributed by atoms with Gasteiger partial charge in [-0.2, -0.15) is 5.26 Å². The van der Waals surface area contributed by atoms with Crippen LogP contribution in [0.15, 0.2) is 55.8 Å². The second-order valence-electron chi connectivity index (χ2n) is 11.5.